The predicted octanol–water partition coefficient (Wildman–Crippen LogP) is 2.96. The molecule has 0 aromatic rings. The van der Waals surface area contributed by atoms with E-state index < -0.39 is 0 Å². The molecule has 0 aromatic carbocycles. The van der Waals surface area contributed by atoms with Crippen molar-refractivity contribution in [1.82, 2.24) is 0 Å². The average Bonchev–Trinajstić information content (AvgIpc) is 2.00. The number of hydrogen-bond donors (Lipinski definition) is 0. The lowest BCUT2D eigenvalue weighted by Crippen LogP contribution is -1.96. The van der Waals surface area contributed by atoms with Crippen LogP contribution in [0.5, 0.6) is 0 Å². The maximum atomic E-state index is 10.1. The van der Waals surface area contributed by atoms with Crippen LogP contribution in [0.2, 0.25) is 0 Å². The van der Waals surface area contributed by atoms with Gasteiger partial charge in [-0.25, -0.2) is 0 Å². The highest BCUT2D eigenvalue weighted by Crippen LogP contribution is 2.15. The number of allylic oxidation sites excluding steroid dienone is 2. The van der Waals surface area contributed by atoms with Gasteiger partial charge in [0, 0.05) is 0 Å². The second-order valence-corrected chi connectivity index (χ2v) is 3.09. The zero-order chi connectivity index (χ0) is 8.69. The van der Waals surface area contributed by atoms with Gasteiger partial charge in [0.1, 0.15) is 6.29 Å². The Kier molecular flexibility index (Phi) is 5.81. The van der Waals surface area contributed by atoms with Gasteiger partial charge in [-0.2, -0.15) is 0 Å². The molecule has 0 saturated heterocycles. The second-order valence-electron chi connectivity index (χ2n) is 3.09. The van der Waals surface area contributed by atoms with E-state index in [2.05, 4.69) is 13.8 Å². The molecule has 0 aliphatic heterocycles. The highest BCUT2D eigenvalue weighted by Gasteiger charge is 2.01. The summed E-state index contributed by atoms with van der Waals surface area (Å²) in [5.41, 5.74) is 1.20. The summed E-state index contributed by atoms with van der Waals surface area (Å²) in [5, 5.41) is 0. The third-order valence-corrected chi connectivity index (χ3v) is 2.10. The largest absolute Gasteiger partial charge is 0.299 e. The van der Waals surface area contributed by atoms with E-state index in [0.29, 0.717) is 5.92 Å². The average molecular weight is 154 g/mol. The fourth-order valence-electron chi connectivity index (χ4n) is 1.01. The number of rotatable bonds is 5. The van der Waals surface area contributed by atoms with Gasteiger partial charge in [0.15, 0.2) is 0 Å². The summed E-state index contributed by atoms with van der Waals surface area (Å²) >= 11 is 0. The van der Waals surface area contributed by atoms with E-state index in [1.54, 1.807) is 6.08 Å². The number of carbonyl (C=O) groups is 1. The molecular weight excluding hydrogens is 136 g/mol. The van der Waals surface area contributed by atoms with Crippen LogP contribution in [0.3, 0.4) is 0 Å². The fourth-order valence-corrected chi connectivity index (χ4v) is 1.01. The van der Waals surface area contributed by atoms with Crippen LogP contribution in [-0.4, -0.2) is 6.29 Å². The van der Waals surface area contributed by atoms with Gasteiger partial charge in [-0.05, 0) is 25.3 Å². The molecule has 0 spiro atoms. The maximum Gasteiger partial charge on any atom is 0.142 e. The van der Waals surface area contributed by atoms with Crippen LogP contribution in [-0.2, 0) is 4.79 Å². The minimum Gasteiger partial charge on any atom is -0.299 e. The molecule has 0 N–H and O–H groups in total. The molecule has 0 radical (unpaired) electrons. The SMILES string of the molecule is CCCCC(C)/C(C)=C/C=O. The van der Waals surface area contributed by atoms with Gasteiger partial charge in [0.05, 0.1) is 0 Å². The van der Waals surface area contributed by atoms with Crippen molar-refractivity contribution in [2.24, 2.45) is 5.92 Å². The van der Waals surface area contributed by atoms with E-state index >= 15 is 0 Å². The maximum absolute atomic E-state index is 10.1. The highest BCUT2D eigenvalue weighted by atomic mass is 16.1. The van der Waals surface area contributed by atoms with Crippen LogP contribution in [0.25, 0.3) is 0 Å². The third-order valence-electron chi connectivity index (χ3n) is 2.10. The zero-order valence-electron chi connectivity index (χ0n) is 7.76. The quantitative estimate of drug-likeness (QED) is 0.439. The molecule has 0 bridgehead atoms. The lowest BCUT2D eigenvalue weighted by Gasteiger charge is -2.09. The Balaban J connectivity index is 3.72. The molecule has 11 heavy (non-hydrogen) atoms. The molecule has 1 heteroatoms. The summed E-state index contributed by atoms with van der Waals surface area (Å²) in [6, 6.07) is 0. The zero-order valence-corrected chi connectivity index (χ0v) is 7.76. The van der Waals surface area contributed by atoms with E-state index in [-0.39, 0.29) is 0 Å². The highest BCUT2D eigenvalue weighted by molar-refractivity contribution is 5.66. The molecule has 0 aliphatic carbocycles. The molecule has 0 amide bonds. The van der Waals surface area contributed by atoms with Crippen LogP contribution in [0.1, 0.15) is 40.0 Å². The smallest absolute Gasteiger partial charge is 0.142 e. The number of aldehydes is 1. The summed E-state index contributed by atoms with van der Waals surface area (Å²) in [6.07, 6.45) is 6.23. The van der Waals surface area contributed by atoms with Crippen molar-refractivity contribution in [2.45, 2.75) is 40.0 Å². The first kappa shape index (κ1) is 10.4. The number of carbonyl (C=O) groups excluding carboxylic acids is 1. The van der Waals surface area contributed by atoms with E-state index in [1.165, 1.54) is 24.8 Å². The lowest BCUT2D eigenvalue weighted by atomic mass is 9.96. The molecule has 0 heterocycles. The Hall–Kier alpha value is -0.590. The van der Waals surface area contributed by atoms with Crippen molar-refractivity contribution in [3.63, 3.8) is 0 Å². The van der Waals surface area contributed by atoms with Gasteiger partial charge in [0.25, 0.3) is 0 Å². The lowest BCUT2D eigenvalue weighted by molar-refractivity contribution is -0.104. The van der Waals surface area contributed by atoms with Crippen LogP contribution in [0, 0.1) is 5.92 Å². The van der Waals surface area contributed by atoms with Gasteiger partial charge in [-0.3, -0.25) is 4.79 Å². The van der Waals surface area contributed by atoms with E-state index in [9.17, 15) is 4.79 Å². The van der Waals surface area contributed by atoms with Gasteiger partial charge < -0.3 is 0 Å². The molecule has 0 rings (SSSR count). The number of unbranched alkanes of at least 4 members (excludes halogenated alkanes) is 1. The summed E-state index contributed by atoms with van der Waals surface area (Å²) in [5.74, 6) is 0.570. The van der Waals surface area contributed by atoms with Gasteiger partial charge in [-0.15, -0.1) is 0 Å². The Morgan fingerprint density at radius 1 is 1.55 bits per heavy atom. The van der Waals surface area contributed by atoms with Crippen LogP contribution < -0.4 is 0 Å². The van der Waals surface area contributed by atoms with Crippen molar-refractivity contribution in [3.8, 4) is 0 Å². The standard InChI is InChI=1S/C10H18O/c1-4-5-6-9(2)10(3)7-8-11/h7-9H,4-6H2,1-3H3/b10-7+. The van der Waals surface area contributed by atoms with E-state index in [1.807, 2.05) is 6.92 Å². The van der Waals surface area contributed by atoms with Crippen LogP contribution in [0.4, 0.5) is 0 Å². The molecule has 1 nitrogen and oxygen atoms in total. The van der Waals surface area contributed by atoms with E-state index in [4.69, 9.17) is 0 Å². The Morgan fingerprint density at radius 3 is 2.64 bits per heavy atom. The Labute approximate surface area is 69.5 Å². The van der Waals surface area contributed by atoms with E-state index in [0.717, 1.165) is 6.29 Å². The molecule has 0 saturated carbocycles. The van der Waals surface area contributed by atoms with Crippen molar-refractivity contribution in [2.75, 3.05) is 0 Å². The van der Waals surface area contributed by atoms with Crippen molar-refractivity contribution >= 4 is 6.29 Å². The first-order valence-corrected chi connectivity index (χ1v) is 4.34. The van der Waals surface area contributed by atoms with Gasteiger partial charge in [-0.1, -0.05) is 32.3 Å². The van der Waals surface area contributed by atoms with Gasteiger partial charge in [0.2, 0.25) is 0 Å². The first-order valence-electron chi connectivity index (χ1n) is 4.34. The first-order chi connectivity index (χ1) is 5.22. The minimum atomic E-state index is 0.570. The summed E-state index contributed by atoms with van der Waals surface area (Å²) in [4.78, 5) is 10.1. The summed E-state index contributed by atoms with van der Waals surface area (Å²) < 4.78 is 0. The molecule has 1 atom stereocenters. The molecule has 64 valence electrons. The van der Waals surface area contributed by atoms with Gasteiger partial charge >= 0.3 is 0 Å². The van der Waals surface area contributed by atoms with Crippen LogP contribution >= 0.6 is 0 Å². The third kappa shape index (κ3) is 4.77. The van der Waals surface area contributed by atoms with Crippen molar-refractivity contribution in [3.05, 3.63) is 11.6 Å². The van der Waals surface area contributed by atoms with Crippen molar-refractivity contribution < 1.29 is 4.79 Å². The fraction of sp³-hybridized carbons (Fsp3) is 0.700. The summed E-state index contributed by atoms with van der Waals surface area (Å²) in [6.45, 7) is 6.38. The molecule has 0 aromatic heterocycles. The summed E-state index contributed by atoms with van der Waals surface area (Å²) in [7, 11) is 0. The molecule has 1 unspecified atom stereocenters. The molecular formula is C10H18O. The number of hydrogen-bond acceptors (Lipinski definition) is 1. The predicted molar refractivity (Wildman–Crippen MR) is 48.5 cm³/mol. The topological polar surface area (TPSA) is 17.1 Å². The minimum absolute atomic E-state index is 0.570. The van der Waals surface area contributed by atoms with Crippen molar-refractivity contribution in [1.29, 1.82) is 0 Å². The monoisotopic (exact) mass is 154 g/mol. The normalized spacial score (nSPS) is 14.6. The Bertz CT molecular complexity index is 136. The Morgan fingerprint density at radius 2 is 2.18 bits per heavy atom. The van der Waals surface area contributed by atoms with Crippen LogP contribution in [0.15, 0.2) is 11.6 Å². The second kappa shape index (κ2) is 6.14. The molecule has 0 fully saturated rings. The molecule has 0 aliphatic rings.